The molecule has 0 aliphatic rings. The number of rotatable bonds is 20. The van der Waals surface area contributed by atoms with Gasteiger partial charge in [0.05, 0.1) is 0 Å². The molecule has 0 rings (SSSR count). The molecule has 29 heavy (non-hydrogen) atoms. The predicted octanol–water partition coefficient (Wildman–Crippen LogP) is 6.91. The van der Waals surface area contributed by atoms with Crippen molar-refractivity contribution in [1.82, 2.24) is 0 Å². The molecule has 0 saturated heterocycles. The van der Waals surface area contributed by atoms with Crippen LogP contribution in [0.1, 0.15) is 79.1 Å². The highest BCUT2D eigenvalue weighted by atomic mass is 28.4. The van der Waals surface area contributed by atoms with Crippen LogP contribution in [0.5, 0.6) is 0 Å². The summed E-state index contributed by atoms with van der Waals surface area (Å²) in [6.07, 6.45) is 24.6. The molecule has 0 aromatic carbocycles. The molecule has 168 valence electrons. The quantitative estimate of drug-likeness (QED) is 0.121. The minimum absolute atomic E-state index is 0.545. The van der Waals surface area contributed by atoms with Crippen molar-refractivity contribution >= 4 is 9.05 Å². The largest absolute Gasteiger partial charge is 0.679 e. The summed E-state index contributed by atoms with van der Waals surface area (Å²) in [7, 11) is -3.17. The van der Waals surface area contributed by atoms with E-state index in [1.54, 1.807) is 0 Å². The van der Waals surface area contributed by atoms with Gasteiger partial charge in [-0.15, -0.1) is 0 Å². The van der Waals surface area contributed by atoms with E-state index in [9.17, 15) is 0 Å². The average molecular weight is 425 g/mol. The lowest BCUT2D eigenvalue weighted by Gasteiger charge is -2.28. The minimum atomic E-state index is -3.17. The van der Waals surface area contributed by atoms with Crippen LogP contribution < -0.4 is 0 Å². The van der Waals surface area contributed by atoms with E-state index in [1.807, 2.05) is 0 Å². The van der Waals surface area contributed by atoms with E-state index >= 15 is 0 Å². The number of allylic oxidation sites excluding steroid dienone is 4. The molecule has 0 bridgehead atoms. The third-order valence-corrected chi connectivity index (χ3v) is 6.09. The fraction of sp³-hybridized carbons (Fsp3) is 0.667. The van der Waals surface area contributed by atoms with Crippen LogP contribution in [0, 0.1) is 0 Å². The summed E-state index contributed by atoms with van der Waals surface area (Å²) in [6, 6.07) is 0. The van der Waals surface area contributed by atoms with Crippen LogP contribution in [0.3, 0.4) is 0 Å². The van der Waals surface area contributed by atoms with Gasteiger partial charge in [-0.1, -0.05) is 76.3 Å². The van der Waals surface area contributed by atoms with Crippen molar-refractivity contribution in [3.05, 3.63) is 48.6 Å². The summed E-state index contributed by atoms with van der Waals surface area (Å²) >= 11 is 0. The van der Waals surface area contributed by atoms with E-state index in [1.165, 1.54) is 0 Å². The van der Waals surface area contributed by atoms with Crippen molar-refractivity contribution in [1.29, 1.82) is 0 Å². The Labute approximate surface area is 181 Å². The first-order chi connectivity index (χ1) is 14.2. The highest BCUT2D eigenvalue weighted by molar-refractivity contribution is 6.53. The summed E-state index contributed by atoms with van der Waals surface area (Å²) in [5.41, 5.74) is 0. The van der Waals surface area contributed by atoms with Gasteiger partial charge in [-0.25, -0.2) is 0 Å². The molecule has 4 nitrogen and oxygen atoms in total. The second-order valence-electron chi connectivity index (χ2n) is 6.57. The van der Waals surface area contributed by atoms with Crippen molar-refractivity contribution in [3.63, 3.8) is 0 Å². The van der Waals surface area contributed by atoms with Gasteiger partial charge in [0.25, 0.3) is 0 Å². The second-order valence-corrected chi connectivity index (χ2v) is 8.72. The van der Waals surface area contributed by atoms with Gasteiger partial charge in [0, 0.05) is 26.4 Å². The maximum atomic E-state index is 6.14. The molecule has 0 radical (unpaired) electrons. The second kappa shape index (κ2) is 21.7. The van der Waals surface area contributed by atoms with E-state index in [2.05, 4.69) is 76.3 Å². The maximum Gasteiger partial charge on any atom is 0.679 e. The molecule has 0 aromatic heterocycles. The van der Waals surface area contributed by atoms with Crippen LogP contribution in [-0.2, 0) is 17.7 Å². The normalized spacial score (nSPS) is 14.8. The van der Waals surface area contributed by atoms with Gasteiger partial charge in [0.2, 0.25) is 0 Å². The van der Waals surface area contributed by atoms with Crippen LogP contribution in [0.25, 0.3) is 0 Å². The Balaban J connectivity index is 4.94. The first-order valence-corrected chi connectivity index (χ1v) is 13.0. The van der Waals surface area contributed by atoms with Gasteiger partial charge in [-0.05, 0) is 51.4 Å². The molecule has 0 aliphatic carbocycles. The van der Waals surface area contributed by atoms with Crippen molar-refractivity contribution in [2.24, 2.45) is 0 Å². The highest BCUT2D eigenvalue weighted by Crippen LogP contribution is 2.15. The average Bonchev–Trinajstić information content (AvgIpc) is 2.73. The molecule has 5 heteroatoms. The van der Waals surface area contributed by atoms with Gasteiger partial charge < -0.3 is 17.7 Å². The molecule has 0 saturated carbocycles. The molecule has 0 unspecified atom stereocenters. The standard InChI is InChI=1S/C24H44O4Si/c1-5-9-13-17-21-25-29(26-22-18-14-10-6-2,27-23-19-15-11-7-3)28-24-20-16-12-8-4/h9-16H,5-8,17-24H2,1-4H3. The van der Waals surface area contributed by atoms with E-state index in [0.29, 0.717) is 26.4 Å². The summed E-state index contributed by atoms with van der Waals surface area (Å²) in [5, 5.41) is 0. The van der Waals surface area contributed by atoms with E-state index in [-0.39, 0.29) is 0 Å². The fourth-order valence-electron chi connectivity index (χ4n) is 2.40. The first-order valence-electron chi connectivity index (χ1n) is 11.4. The third kappa shape index (κ3) is 17.6. The summed E-state index contributed by atoms with van der Waals surface area (Å²) in [4.78, 5) is 0. The maximum absolute atomic E-state index is 6.14. The van der Waals surface area contributed by atoms with Gasteiger partial charge in [-0.3, -0.25) is 0 Å². The Bertz CT molecular complexity index is 372. The summed E-state index contributed by atoms with van der Waals surface area (Å²) in [6.45, 7) is 10.7. The van der Waals surface area contributed by atoms with E-state index in [0.717, 1.165) is 51.4 Å². The Morgan fingerprint density at radius 2 is 0.655 bits per heavy atom. The van der Waals surface area contributed by atoms with Crippen LogP contribution in [-0.4, -0.2) is 35.5 Å². The minimum Gasteiger partial charge on any atom is -0.351 e. The third-order valence-electron chi connectivity index (χ3n) is 3.86. The zero-order valence-electron chi connectivity index (χ0n) is 19.2. The SMILES string of the molecule is CCC=CCCO[Si](OCCC=CCC)(OCCC=CCC)OCCC=CCC. The molecule has 0 amide bonds. The van der Waals surface area contributed by atoms with Crippen molar-refractivity contribution in [3.8, 4) is 0 Å². The number of hydrogen-bond donors (Lipinski definition) is 0. The summed E-state index contributed by atoms with van der Waals surface area (Å²) in [5.74, 6) is 0. The Kier molecular flexibility index (Phi) is 21.0. The zero-order chi connectivity index (χ0) is 21.5. The summed E-state index contributed by atoms with van der Waals surface area (Å²) < 4.78 is 24.6. The molecule has 0 atom stereocenters. The lowest BCUT2D eigenvalue weighted by molar-refractivity contribution is -0.0318. The molecule has 0 aliphatic heterocycles. The molecular weight excluding hydrogens is 380 g/mol. The molecule has 0 aromatic rings. The van der Waals surface area contributed by atoms with Crippen molar-refractivity contribution in [2.45, 2.75) is 79.1 Å². The smallest absolute Gasteiger partial charge is 0.351 e. The lowest BCUT2D eigenvalue weighted by atomic mass is 10.3. The molecule has 0 fully saturated rings. The van der Waals surface area contributed by atoms with E-state index < -0.39 is 9.05 Å². The zero-order valence-corrected chi connectivity index (χ0v) is 20.2. The van der Waals surface area contributed by atoms with Crippen LogP contribution in [0.2, 0.25) is 0 Å². The Hall–Kier alpha value is -0.983. The molecule has 0 heterocycles. The Morgan fingerprint density at radius 3 is 0.862 bits per heavy atom. The van der Waals surface area contributed by atoms with Crippen LogP contribution >= 0.6 is 0 Å². The molecular formula is C24H44O4Si. The van der Waals surface area contributed by atoms with E-state index in [4.69, 9.17) is 17.7 Å². The predicted molar refractivity (Wildman–Crippen MR) is 126 cm³/mol. The van der Waals surface area contributed by atoms with Crippen molar-refractivity contribution in [2.75, 3.05) is 26.4 Å². The van der Waals surface area contributed by atoms with Gasteiger partial charge in [-0.2, -0.15) is 0 Å². The monoisotopic (exact) mass is 424 g/mol. The Morgan fingerprint density at radius 1 is 0.414 bits per heavy atom. The first kappa shape index (κ1) is 28.0. The highest BCUT2D eigenvalue weighted by Gasteiger charge is 2.45. The molecule has 0 spiro atoms. The van der Waals surface area contributed by atoms with Crippen molar-refractivity contribution < 1.29 is 17.7 Å². The van der Waals surface area contributed by atoms with Gasteiger partial charge >= 0.3 is 9.05 Å². The lowest BCUT2D eigenvalue weighted by Crippen LogP contribution is -2.50. The molecule has 0 N–H and O–H groups in total. The van der Waals surface area contributed by atoms with Gasteiger partial charge in [0.15, 0.2) is 0 Å². The fourth-order valence-corrected chi connectivity index (χ4v) is 4.37. The number of hydrogen-bond acceptors (Lipinski definition) is 4. The topological polar surface area (TPSA) is 36.9 Å². The van der Waals surface area contributed by atoms with Crippen LogP contribution in [0.15, 0.2) is 48.6 Å². The van der Waals surface area contributed by atoms with Crippen LogP contribution in [0.4, 0.5) is 0 Å². The van der Waals surface area contributed by atoms with Gasteiger partial charge in [0.1, 0.15) is 0 Å².